The number of rotatable bonds is 8. The number of ether oxygens (including phenoxy) is 1. The molecule has 1 heteroatoms. The maximum absolute atomic E-state index is 5.79. The Bertz CT molecular complexity index is 689. The van der Waals surface area contributed by atoms with Gasteiger partial charge in [-0.25, -0.2) is 0 Å². The summed E-state index contributed by atoms with van der Waals surface area (Å²) in [4.78, 5) is 0. The molecule has 0 aliphatic carbocycles. The number of benzene rings is 2. The average molecular weight is 351 g/mol. The van der Waals surface area contributed by atoms with Crippen molar-refractivity contribution in [2.24, 2.45) is 5.92 Å². The molecule has 140 valence electrons. The smallest absolute Gasteiger partial charge is 0.119 e. The zero-order valence-electron chi connectivity index (χ0n) is 17.1. The summed E-state index contributed by atoms with van der Waals surface area (Å²) in [6.07, 6.45) is 7.83. The lowest BCUT2D eigenvalue weighted by atomic mass is 9.86. The maximum atomic E-state index is 5.79. The molecule has 0 saturated heterocycles. The maximum Gasteiger partial charge on any atom is 0.119 e. The molecule has 2 aromatic carbocycles. The third kappa shape index (κ3) is 6.71. The van der Waals surface area contributed by atoms with Crippen LogP contribution in [-0.4, -0.2) is 6.61 Å². The third-order valence-corrected chi connectivity index (χ3v) is 4.62. The Hall–Kier alpha value is -2.02. The van der Waals surface area contributed by atoms with Crippen molar-refractivity contribution in [3.8, 4) is 5.75 Å². The summed E-state index contributed by atoms with van der Waals surface area (Å²) in [7, 11) is 0. The molecular weight excluding hydrogens is 316 g/mol. The van der Waals surface area contributed by atoms with E-state index in [0.717, 1.165) is 31.6 Å². The quantitative estimate of drug-likeness (QED) is 0.463. The van der Waals surface area contributed by atoms with Crippen LogP contribution in [0.1, 0.15) is 64.2 Å². The molecule has 0 heterocycles. The lowest BCUT2D eigenvalue weighted by Crippen LogP contribution is -2.10. The van der Waals surface area contributed by atoms with Crippen molar-refractivity contribution in [1.82, 2.24) is 0 Å². The Balaban J connectivity index is 1.92. The van der Waals surface area contributed by atoms with Gasteiger partial charge in [-0.15, -0.1) is 0 Å². The van der Waals surface area contributed by atoms with Crippen LogP contribution in [0.2, 0.25) is 0 Å². The predicted molar refractivity (Wildman–Crippen MR) is 114 cm³/mol. The molecule has 0 saturated carbocycles. The normalized spacial score (nSPS) is 13.1. The SMILES string of the molecule is CCCCOc1cccc(C=CC(C)Cc2ccc(C(C)(C)C)cc2)c1. The Kier molecular flexibility index (Phi) is 7.50. The van der Waals surface area contributed by atoms with Gasteiger partial charge in [-0.3, -0.25) is 0 Å². The predicted octanol–water partition coefficient (Wildman–Crippen LogP) is 7.06. The minimum atomic E-state index is 0.217. The van der Waals surface area contributed by atoms with Crippen LogP contribution < -0.4 is 4.74 Å². The van der Waals surface area contributed by atoms with Crippen LogP contribution in [0.3, 0.4) is 0 Å². The minimum absolute atomic E-state index is 0.217. The van der Waals surface area contributed by atoms with E-state index in [2.05, 4.69) is 89.2 Å². The van der Waals surface area contributed by atoms with Crippen LogP contribution in [0.15, 0.2) is 54.6 Å². The van der Waals surface area contributed by atoms with Gasteiger partial charge in [-0.1, -0.05) is 89.6 Å². The van der Waals surface area contributed by atoms with Crippen molar-refractivity contribution in [1.29, 1.82) is 0 Å². The van der Waals surface area contributed by atoms with Gasteiger partial charge in [0, 0.05) is 0 Å². The van der Waals surface area contributed by atoms with Crippen molar-refractivity contribution < 1.29 is 4.74 Å². The van der Waals surface area contributed by atoms with Gasteiger partial charge in [0.05, 0.1) is 6.61 Å². The second-order valence-electron chi connectivity index (χ2n) is 8.26. The first kappa shape index (κ1) is 20.3. The molecule has 26 heavy (non-hydrogen) atoms. The van der Waals surface area contributed by atoms with E-state index >= 15 is 0 Å². The molecule has 0 aliphatic rings. The van der Waals surface area contributed by atoms with E-state index in [4.69, 9.17) is 4.74 Å². The fourth-order valence-electron chi connectivity index (χ4n) is 2.90. The van der Waals surface area contributed by atoms with E-state index in [0.29, 0.717) is 5.92 Å². The molecule has 0 spiro atoms. The first-order chi connectivity index (χ1) is 12.4. The largest absolute Gasteiger partial charge is 0.494 e. The zero-order valence-corrected chi connectivity index (χ0v) is 17.1. The number of unbranched alkanes of at least 4 members (excludes halogenated alkanes) is 1. The molecule has 0 radical (unpaired) electrons. The highest BCUT2D eigenvalue weighted by Crippen LogP contribution is 2.23. The summed E-state index contributed by atoms with van der Waals surface area (Å²) in [5.41, 5.74) is 4.21. The number of hydrogen-bond acceptors (Lipinski definition) is 1. The Morgan fingerprint density at radius 2 is 1.77 bits per heavy atom. The summed E-state index contributed by atoms with van der Waals surface area (Å²) in [6, 6.07) is 17.4. The van der Waals surface area contributed by atoms with Gasteiger partial charge in [0.2, 0.25) is 0 Å². The summed E-state index contributed by atoms with van der Waals surface area (Å²) < 4.78 is 5.79. The summed E-state index contributed by atoms with van der Waals surface area (Å²) in [6.45, 7) is 12.0. The van der Waals surface area contributed by atoms with Gasteiger partial charge < -0.3 is 4.74 Å². The van der Waals surface area contributed by atoms with Crippen LogP contribution in [0.4, 0.5) is 0 Å². The van der Waals surface area contributed by atoms with Gasteiger partial charge >= 0.3 is 0 Å². The molecule has 0 fully saturated rings. The van der Waals surface area contributed by atoms with Crippen LogP contribution >= 0.6 is 0 Å². The summed E-state index contributed by atoms with van der Waals surface area (Å²) >= 11 is 0. The molecule has 0 bridgehead atoms. The van der Waals surface area contributed by atoms with Crippen LogP contribution in [0.25, 0.3) is 6.08 Å². The Morgan fingerprint density at radius 1 is 1.04 bits per heavy atom. The van der Waals surface area contributed by atoms with Crippen molar-refractivity contribution >= 4 is 6.08 Å². The van der Waals surface area contributed by atoms with E-state index < -0.39 is 0 Å². The summed E-state index contributed by atoms with van der Waals surface area (Å²) in [5.74, 6) is 1.46. The van der Waals surface area contributed by atoms with Gasteiger partial charge in [-0.05, 0) is 53.0 Å². The number of allylic oxidation sites excluding steroid dienone is 1. The van der Waals surface area contributed by atoms with E-state index in [9.17, 15) is 0 Å². The van der Waals surface area contributed by atoms with Gasteiger partial charge in [-0.2, -0.15) is 0 Å². The molecule has 0 aromatic heterocycles. The lowest BCUT2D eigenvalue weighted by molar-refractivity contribution is 0.309. The van der Waals surface area contributed by atoms with Gasteiger partial charge in [0.1, 0.15) is 5.75 Å². The van der Waals surface area contributed by atoms with E-state index in [1.807, 2.05) is 6.07 Å². The molecule has 2 rings (SSSR count). The first-order valence-electron chi connectivity index (χ1n) is 9.89. The van der Waals surface area contributed by atoms with Crippen molar-refractivity contribution in [3.63, 3.8) is 0 Å². The fourth-order valence-corrected chi connectivity index (χ4v) is 2.90. The highest BCUT2D eigenvalue weighted by molar-refractivity contribution is 5.52. The molecule has 0 N–H and O–H groups in total. The highest BCUT2D eigenvalue weighted by atomic mass is 16.5. The van der Waals surface area contributed by atoms with E-state index in [-0.39, 0.29) is 5.41 Å². The lowest BCUT2D eigenvalue weighted by Gasteiger charge is -2.19. The Labute approximate surface area is 160 Å². The van der Waals surface area contributed by atoms with Crippen molar-refractivity contribution in [2.75, 3.05) is 6.61 Å². The van der Waals surface area contributed by atoms with Crippen molar-refractivity contribution in [2.45, 2.75) is 59.3 Å². The molecule has 2 aromatic rings. The van der Waals surface area contributed by atoms with E-state index in [1.165, 1.54) is 16.7 Å². The average Bonchev–Trinajstić information content (AvgIpc) is 2.60. The fraction of sp³-hybridized carbons (Fsp3) is 0.440. The second-order valence-corrected chi connectivity index (χ2v) is 8.26. The van der Waals surface area contributed by atoms with Crippen molar-refractivity contribution in [3.05, 3.63) is 71.3 Å². The molecule has 0 amide bonds. The van der Waals surface area contributed by atoms with Crippen LogP contribution in [0.5, 0.6) is 5.75 Å². The van der Waals surface area contributed by atoms with Gasteiger partial charge in [0.15, 0.2) is 0 Å². The number of hydrogen-bond donors (Lipinski definition) is 0. The van der Waals surface area contributed by atoms with Crippen LogP contribution in [0, 0.1) is 5.92 Å². The zero-order chi connectivity index (χ0) is 19.0. The standard InChI is InChI=1S/C25H34O/c1-6-7-17-26-24-10-8-9-21(19-24)12-11-20(2)18-22-13-15-23(16-14-22)25(3,4)5/h8-16,19-20H,6-7,17-18H2,1-5H3. The topological polar surface area (TPSA) is 9.23 Å². The van der Waals surface area contributed by atoms with Crippen LogP contribution in [-0.2, 0) is 11.8 Å². The first-order valence-corrected chi connectivity index (χ1v) is 9.89. The van der Waals surface area contributed by atoms with Gasteiger partial charge in [0.25, 0.3) is 0 Å². The molecular formula is C25H34O. The Morgan fingerprint density at radius 3 is 2.42 bits per heavy atom. The minimum Gasteiger partial charge on any atom is -0.494 e. The second kappa shape index (κ2) is 9.62. The summed E-state index contributed by atoms with van der Waals surface area (Å²) in [5, 5.41) is 0. The molecule has 1 unspecified atom stereocenters. The monoisotopic (exact) mass is 350 g/mol. The molecule has 0 aliphatic heterocycles. The van der Waals surface area contributed by atoms with E-state index in [1.54, 1.807) is 0 Å². The highest BCUT2D eigenvalue weighted by Gasteiger charge is 2.13. The third-order valence-electron chi connectivity index (χ3n) is 4.62. The molecule has 1 atom stereocenters. The molecule has 1 nitrogen and oxygen atoms in total.